The molecule has 0 radical (unpaired) electrons. The lowest BCUT2D eigenvalue weighted by molar-refractivity contribution is 0.122. The molecule has 1 aliphatic rings. The molecule has 1 N–H and O–H groups in total. The number of nitrogens with zero attached hydrogens (tertiary/aromatic N) is 5. The number of pyridine rings is 2. The molecule has 4 rings (SSSR count). The second-order valence-corrected chi connectivity index (χ2v) is 6.05. The summed E-state index contributed by atoms with van der Waals surface area (Å²) in [6.07, 6.45) is 5.25. The Morgan fingerprint density at radius 2 is 1.83 bits per heavy atom. The van der Waals surface area contributed by atoms with Crippen LogP contribution in [-0.4, -0.2) is 53.6 Å². The minimum atomic E-state index is 0.576. The van der Waals surface area contributed by atoms with E-state index in [9.17, 15) is 0 Å². The van der Waals surface area contributed by atoms with Crippen molar-refractivity contribution in [3.05, 3.63) is 48.9 Å². The van der Waals surface area contributed by atoms with Gasteiger partial charge in [-0.05, 0) is 18.2 Å². The number of nitrogens with one attached hydrogen (secondary N) is 1. The van der Waals surface area contributed by atoms with Gasteiger partial charge in [-0.1, -0.05) is 13.8 Å². The van der Waals surface area contributed by atoms with Gasteiger partial charge in [0.15, 0.2) is 5.82 Å². The Balaban J connectivity index is 0.00000117. The molecule has 0 amide bonds. The van der Waals surface area contributed by atoms with Gasteiger partial charge in [0.2, 0.25) is 5.88 Å². The van der Waals surface area contributed by atoms with E-state index in [0.29, 0.717) is 11.7 Å². The first-order valence-electron chi connectivity index (χ1n) is 9.71. The molecule has 1 saturated heterocycles. The summed E-state index contributed by atoms with van der Waals surface area (Å²) in [6, 6.07) is 9.61. The molecule has 3 aromatic rings. The van der Waals surface area contributed by atoms with Crippen LogP contribution in [0.3, 0.4) is 0 Å². The number of methoxy groups -OCH3 is 1. The van der Waals surface area contributed by atoms with Crippen LogP contribution in [0.15, 0.2) is 48.9 Å². The van der Waals surface area contributed by atoms with Gasteiger partial charge in [0.25, 0.3) is 0 Å². The Morgan fingerprint density at radius 1 is 1.00 bits per heavy atom. The van der Waals surface area contributed by atoms with Crippen molar-refractivity contribution in [1.82, 2.24) is 20.2 Å². The van der Waals surface area contributed by atoms with Crippen molar-refractivity contribution in [1.29, 1.82) is 0 Å². The molecule has 8 nitrogen and oxygen atoms in total. The summed E-state index contributed by atoms with van der Waals surface area (Å²) < 4.78 is 10.5. The van der Waals surface area contributed by atoms with E-state index in [1.807, 2.05) is 44.2 Å². The van der Waals surface area contributed by atoms with Gasteiger partial charge in [-0.25, -0.2) is 9.97 Å². The molecule has 0 spiro atoms. The molecule has 29 heavy (non-hydrogen) atoms. The molecule has 0 bridgehead atoms. The van der Waals surface area contributed by atoms with Gasteiger partial charge < -0.3 is 19.7 Å². The summed E-state index contributed by atoms with van der Waals surface area (Å²) in [5.41, 5.74) is 2.77. The molecular weight excluding hydrogens is 368 g/mol. The molecule has 1 aliphatic heterocycles. The van der Waals surface area contributed by atoms with Crippen LogP contribution in [0.4, 0.5) is 17.3 Å². The fourth-order valence-electron chi connectivity index (χ4n) is 2.87. The van der Waals surface area contributed by atoms with E-state index in [4.69, 9.17) is 9.47 Å². The van der Waals surface area contributed by atoms with E-state index < -0.39 is 0 Å². The van der Waals surface area contributed by atoms with Crippen LogP contribution in [0.2, 0.25) is 0 Å². The average Bonchev–Trinajstić information content (AvgIpc) is 2.81. The normalized spacial score (nSPS) is 13.3. The van der Waals surface area contributed by atoms with Crippen molar-refractivity contribution in [3.8, 4) is 17.0 Å². The Kier molecular flexibility index (Phi) is 7.29. The average molecular weight is 394 g/mol. The van der Waals surface area contributed by atoms with Crippen LogP contribution >= 0.6 is 0 Å². The van der Waals surface area contributed by atoms with Crippen LogP contribution < -0.4 is 15.0 Å². The summed E-state index contributed by atoms with van der Waals surface area (Å²) in [7, 11) is 1.60. The zero-order chi connectivity index (χ0) is 20.5. The highest BCUT2D eigenvalue weighted by molar-refractivity contribution is 5.68. The topological polar surface area (TPSA) is 85.3 Å². The summed E-state index contributed by atoms with van der Waals surface area (Å²) in [5, 5.41) is 11.6. The third-order valence-corrected chi connectivity index (χ3v) is 4.29. The highest BCUT2D eigenvalue weighted by Crippen LogP contribution is 2.24. The molecule has 152 valence electrons. The highest BCUT2D eigenvalue weighted by Gasteiger charge is 2.13. The first kappa shape index (κ1) is 20.5. The first-order valence-corrected chi connectivity index (χ1v) is 9.71. The molecule has 0 aromatic carbocycles. The van der Waals surface area contributed by atoms with Gasteiger partial charge in [0.05, 0.1) is 26.5 Å². The van der Waals surface area contributed by atoms with Crippen molar-refractivity contribution >= 4 is 17.3 Å². The Labute approximate surface area is 170 Å². The smallest absolute Gasteiger partial charge is 0.212 e. The van der Waals surface area contributed by atoms with Gasteiger partial charge in [0, 0.05) is 54.4 Å². The fraction of sp³-hybridized carbons (Fsp3) is 0.333. The second-order valence-electron chi connectivity index (χ2n) is 6.05. The van der Waals surface area contributed by atoms with Gasteiger partial charge >= 0.3 is 0 Å². The highest BCUT2D eigenvalue weighted by atomic mass is 16.5. The standard InChI is InChI=1S/C19H20N6O2.C2H6/c1-26-19-3-2-14(12-21-19)15-10-17(24-22-13-15)23-16-4-5-20-18(11-16)25-6-8-27-9-7-25;1-2/h2-5,10-13H,6-9H2,1H3,(H,20,23,24);1-2H3. The van der Waals surface area contributed by atoms with Crippen LogP contribution in [0.5, 0.6) is 5.88 Å². The molecule has 0 saturated carbocycles. The van der Waals surface area contributed by atoms with Crippen molar-refractivity contribution in [3.63, 3.8) is 0 Å². The molecule has 8 heteroatoms. The number of hydrogen-bond donors (Lipinski definition) is 1. The van der Waals surface area contributed by atoms with E-state index in [1.54, 1.807) is 25.7 Å². The molecule has 0 unspecified atom stereocenters. The van der Waals surface area contributed by atoms with Crippen LogP contribution in [-0.2, 0) is 4.74 Å². The molecule has 1 fully saturated rings. The first-order chi connectivity index (χ1) is 14.3. The molecule has 3 aromatic heterocycles. The van der Waals surface area contributed by atoms with Crippen molar-refractivity contribution in [2.24, 2.45) is 0 Å². The van der Waals surface area contributed by atoms with Crippen molar-refractivity contribution in [2.45, 2.75) is 13.8 Å². The van der Waals surface area contributed by atoms with E-state index in [-0.39, 0.29) is 0 Å². The van der Waals surface area contributed by atoms with Crippen LogP contribution in [0.25, 0.3) is 11.1 Å². The third kappa shape index (κ3) is 5.39. The number of ether oxygens (including phenoxy) is 2. The molecule has 0 atom stereocenters. The zero-order valence-electron chi connectivity index (χ0n) is 17.0. The summed E-state index contributed by atoms with van der Waals surface area (Å²) in [6.45, 7) is 7.14. The quantitative estimate of drug-likeness (QED) is 0.703. The Morgan fingerprint density at radius 3 is 2.55 bits per heavy atom. The van der Waals surface area contributed by atoms with Gasteiger partial charge in [-0.2, -0.15) is 5.10 Å². The van der Waals surface area contributed by atoms with Crippen molar-refractivity contribution < 1.29 is 9.47 Å². The van der Waals surface area contributed by atoms with E-state index in [1.165, 1.54) is 0 Å². The SMILES string of the molecule is CC.COc1ccc(-c2cnnc(Nc3ccnc(N4CCOCC4)c3)c2)cn1. The minimum absolute atomic E-state index is 0.576. The number of anilines is 3. The lowest BCUT2D eigenvalue weighted by Gasteiger charge is -2.28. The van der Waals surface area contributed by atoms with Crippen LogP contribution in [0, 0.1) is 0 Å². The van der Waals surface area contributed by atoms with E-state index >= 15 is 0 Å². The third-order valence-electron chi connectivity index (χ3n) is 4.29. The summed E-state index contributed by atoms with van der Waals surface area (Å²) in [4.78, 5) is 10.9. The number of aromatic nitrogens is 4. The fourth-order valence-corrected chi connectivity index (χ4v) is 2.87. The van der Waals surface area contributed by atoms with Crippen molar-refractivity contribution in [2.75, 3.05) is 43.6 Å². The van der Waals surface area contributed by atoms with Gasteiger partial charge in [-0.3, -0.25) is 0 Å². The predicted octanol–water partition coefficient (Wildman–Crippen LogP) is 3.55. The zero-order valence-corrected chi connectivity index (χ0v) is 17.0. The Hall–Kier alpha value is -3.26. The predicted molar refractivity (Wildman–Crippen MR) is 114 cm³/mol. The van der Waals surface area contributed by atoms with Gasteiger partial charge in [-0.15, -0.1) is 5.10 Å². The van der Waals surface area contributed by atoms with E-state index in [0.717, 1.165) is 48.9 Å². The maximum atomic E-state index is 5.40. The summed E-state index contributed by atoms with van der Waals surface area (Å²) >= 11 is 0. The number of rotatable bonds is 5. The molecular formula is C21H26N6O2. The maximum Gasteiger partial charge on any atom is 0.212 e. The Bertz CT molecular complexity index is 898. The minimum Gasteiger partial charge on any atom is -0.481 e. The largest absolute Gasteiger partial charge is 0.481 e. The van der Waals surface area contributed by atoms with Gasteiger partial charge in [0.1, 0.15) is 5.82 Å². The maximum absolute atomic E-state index is 5.40. The monoisotopic (exact) mass is 394 g/mol. The van der Waals surface area contributed by atoms with Crippen LogP contribution in [0.1, 0.15) is 13.8 Å². The van der Waals surface area contributed by atoms with E-state index in [2.05, 4.69) is 30.4 Å². The molecule has 0 aliphatic carbocycles. The number of hydrogen-bond acceptors (Lipinski definition) is 8. The lowest BCUT2D eigenvalue weighted by Crippen LogP contribution is -2.36. The number of morpholine rings is 1. The summed E-state index contributed by atoms with van der Waals surface area (Å²) in [5.74, 6) is 2.15. The molecule has 4 heterocycles. The lowest BCUT2D eigenvalue weighted by atomic mass is 10.1. The second kappa shape index (κ2) is 10.3.